The lowest BCUT2D eigenvalue weighted by Gasteiger charge is -2.13. The van der Waals surface area contributed by atoms with E-state index >= 15 is 0 Å². The van der Waals surface area contributed by atoms with E-state index in [2.05, 4.69) is 13.0 Å². The molecule has 122 valence electrons. The summed E-state index contributed by atoms with van der Waals surface area (Å²) in [6.45, 7) is 2.56. The van der Waals surface area contributed by atoms with Crippen LogP contribution in [0.1, 0.15) is 23.1 Å². The molecule has 0 atom stereocenters. The van der Waals surface area contributed by atoms with Crippen molar-refractivity contribution in [1.29, 1.82) is 0 Å². The summed E-state index contributed by atoms with van der Waals surface area (Å²) in [6, 6.07) is 13.8. The van der Waals surface area contributed by atoms with E-state index in [1.165, 1.54) is 5.56 Å². The monoisotopic (exact) mass is 312 g/mol. The lowest BCUT2D eigenvalue weighted by Crippen LogP contribution is -2.21. The summed E-state index contributed by atoms with van der Waals surface area (Å²) in [5.74, 6) is 0.791. The van der Waals surface area contributed by atoms with Gasteiger partial charge in [0.05, 0.1) is 5.69 Å². The molecule has 2 aromatic rings. The second-order valence-corrected chi connectivity index (χ2v) is 5.88. The number of rotatable bonds is 6. The van der Waals surface area contributed by atoms with Gasteiger partial charge >= 0.3 is 0 Å². The number of carbonyl (C=O) groups excluding carboxylic acids is 1. The average Bonchev–Trinajstić information content (AvgIpc) is 2.53. The number of amides is 1. The summed E-state index contributed by atoms with van der Waals surface area (Å²) in [6.07, 6.45) is 1.16. The predicted molar refractivity (Wildman–Crippen MR) is 93.4 cm³/mol. The molecule has 0 aliphatic rings. The molecule has 1 amide bonds. The Morgan fingerprint density at radius 3 is 2.57 bits per heavy atom. The van der Waals surface area contributed by atoms with Gasteiger partial charge in [-0.25, -0.2) is 0 Å². The Kier molecular flexibility index (Phi) is 5.63. The molecule has 0 saturated heterocycles. The van der Waals surface area contributed by atoms with Gasteiger partial charge in [0.2, 0.25) is 5.91 Å². The van der Waals surface area contributed by atoms with Crippen LogP contribution in [0.15, 0.2) is 42.5 Å². The van der Waals surface area contributed by atoms with Gasteiger partial charge in [-0.3, -0.25) is 4.79 Å². The first-order valence-corrected chi connectivity index (χ1v) is 7.73. The van der Waals surface area contributed by atoms with Gasteiger partial charge in [-0.2, -0.15) is 0 Å². The number of hydrogen-bond donors (Lipinski definition) is 1. The van der Waals surface area contributed by atoms with Crippen molar-refractivity contribution in [3.63, 3.8) is 0 Å². The molecular formula is C19H24N2O2. The molecule has 4 heteroatoms. The van der Waals surface area contributed by atoms with Crippen molar-refractivity contribution in [2.45, 2.75) is 26.4 Å². The van der Waals surface area contributed by atoms with E-state index in [0.29, 0.717) is 30.9 Å². The fourth-order valence-corrected chi connectivity index (χ4v) is 2.29. The van der Waals surface area contributed by atoms with Crippen LogP contribution < -0.4 is 10.5 Å². The minimum Gasteiger partial charge on any atom is -0.487 e. The molecule has 0 aliphatic carbocycles. The van der Waals surface area contributed by atoms with Gasteiger partial charge in [0, 0.05) is 20.5 Å². The third-order valence-electron chi connectivity index (χ3n) is 3.84. The van der Waals surface area contributed by atoms with Crippen molar-refractivity contribution < 1.29 is 9.53 Å². The van der Waals surface area contributed by atoms with Crippen LogP contribution in [0, 0.1) is 6.92 Å². The SMILES string of the molecule is Cc1ccccc1COc1ccc(CCC(=O)N(C)C)cc1N. The summed E-state index contributed by atoms with van der Waals surface area (Å²) >= 11 is 0. The fraction of sp³-hybridized carbons (Fsp3) is 0.316. The zero-order valence-corrected chi connectivity index (χ0v) is 14.0. The summed E-state index contributed by atoms with van der Waals surface area (Å²) in [5.41, 5.74) is 10.1. The van der Waals surface area contributed by atoms with E-state index in [0.717, 1.165) is 11.1 Å². The standard InChI is InChI=1S/C19H24N2O2/c1-14-6-4-5-7-16(14)13-23-18-10-8-15(12-17(18)20)9-11-19(22)21(2)3/h4-8,10,12H,9,11,13,20H2,1-3H3. The minimum atomic E-state index is 0.114. The van der Waals surface area contributed by atoms with Gasteiger partial charge in [0.25, 0.3) is 0 Å². The molecule has 0 spiro atoms. The first-order valence-electron chi connectivity index (χ1n) is 7.73. The molecule has 23 heavy (non-hydrogen) atoms. The van der Waals surface area contributed by atoms with E-state index in [-0.39, 0.29) is 5.91 Å². The fourth-order valence-electron chi connectivity index (χ4n) is 2.29. The molecule has 0 saturated carbocycles. The van der Waals surface area contributed by atoms with Crippen LogP contribution in [0.5, 0.6) is 5.75 Å². The molecule has 0 bridgehead atoms. The maximum absolute atomic E-state index is 11.6. The Balaban J connectivity index is 1.97. The van der Waals surface area contributed by atoms with Crippen molar-refractivity contribution in [2.24, 2.45) is 0 Å². The van der Waals surface area contributed by atoms with E-state index in [1.54, 1.807) is 19.0 Å². The number of nitrogen functional groups attached to an aromatic ring is 1. The molecule has 0 heterocycles. The molecule has 0 aromatic heterocycles. The van der Waals surface area contributed by atoms with E-state index in [9.17, 15) is 4.79 Å². The van der Waals surface area contributed by atoms with Gasteiger partial charge in [-0.15, -0.1) is 0 Å². The molecule has 2 aromatic carbocycles. The van der Waals surface area contributed by atoms with E-state index in [4.69, 9.17) is 10.5 Å². The highest BCUT2D eigenvalue weighted by atomic mass is 16.5. The van der Waals surface area contributed by atoms with Gasteiger partial charge in [0.15, 0.2) is 0 Å². The number of benzene rings is 2. The van der Waals surface area contributed by atoms with E-state index < -0.39 is 0 Å². The van der Waals surface area contributed by atoms with Crippen LogP contribution in [0.4, 0.5) is 5.69 Å². The van der Waals surface area contributed by atoms with E-state index in [1.807, 2.05) is 36.4 Å². The summed E-state index contributed by atoms with van der Waals surface area (Å²) < 4.78 is 5.82. The van der Waals surface area contributed by atoms with Gasteiger partial charge in [-0.05, 0) is 42.2 Å². The van der Waals surface area contributed by atoms with Crippen molar-refractivity contribution in [2.75, 3.05) is 19.8 Å². The van der Waals surface area contributed by atoms with Gasteiger partial charge < -0.3 is 15.4 Å². The average molecular weight is 312 g/mol. The third kappa shape index (κ3) is 4.74. The lowest BCUT2D eigenvalue weighted by molar-refractivity contribution is -0.128. The Hall–Kier alpha value is -2.49. The number of aryl methyl sites for hydroxylation is 2. The predicted octanol–water partition coefficient (Wildman–Crippen LogP) is 3.18. The Bertz CT molecular complexity index is 681. The maximum atomic E-state index is 11.6. The molecule has 2 rings (SSSR count). The highest BCUT2D eigenvalue weighted by molar-refractivity contribution is 5.75. The summed E-state index contributed by atoms with van der Waals surface area (Å²) in [4.78, 5) is 13.2. The number of hydrogen-bond acceptors (Lipinski definition) is 3. The minimum absolute atomic E-state index is 0.114. The highest BCUT2D eigenvalue weighted by Crippen LogP contribution is 2.24. The number of nitrogens with zero attached hydrogens (tertiary/aromatic N) is 1. The smallest absolute Gasteiger partial charge is 0.222 e. The molecule has 0 unspecified atom stereocenters. The maximum Gasteiger partial charge on any atom is 0.222 e. The normalized spacial score (nSPS) is 10.4. The van der Waals surface area contributed by atoms with Crippen LogP contribution in [0.3, 0.4) is 0 Å². The number of carbonyl (C=O) groups is 1. The first kappa shape index (κ1) is 16.9. The quantitative estimate of drug-likeness (QED) is 0.834. The zero-order valence-electron chi connectivity index (χ0n) is 14.0. The number of nitrogens with two attached hydrogens (primary N) is 1. The van der Waals surface area contributed by atoms with Gasteiger partial charge in [-0.1, -0.05) is 30.3 Å². The van der Waals surface area contributed by atoms with Crippen molar-refractivity contribution in [1.82, 2.24) is 4.90 Å². The molecule has 0 aliphatic heterocycles. The largest absolute Gasteiger partial charge is 0.487 e. The van der Waals surface area contributed by atoms with Crippen LogP contribution >= 0.6 is 0 Å². The van der Waals surface area contributed by atoms with Crippen molar-refractivity contribution in [3.05, 3.63) is 59.2 Å². The Labute approximate surface area is 137 Å². The summed E-state index contributed by atoms with van der Waals surface area (Å²) in [5, 5.41) is 0. The van der Waals surface area contributed by atoms with Crippen LogP contribution in [-0.2, 0) is 17.8 Å². The van der Waals surface area contributed by atoms with Crippen LogP contribution in [-0.4, -0.2) is 24.9 Å². The molecule has 0 radical (unpaired) electrons. The molecular weight excluding hydrogens is 288 g/mol. The number of anilines is 1. The number of ether oxygens (including phenoxy) is 1. The van der Waals surface area contributed by atoms with Crippen molar-refractivity contribution in [3.8, 4) is 5.75 Å². The molecule has 0 fully saturated rings. The Morgan fingerprint density at radius 2 is 1.91 bits per heavy atom. The van der Waals surface area contributed by atoms with Gasteiger partial charge in [0.1, 0.15) is 12.4 Å². The summed E-state index contributed by atoms with van der Waals surface area (Å²) in [7, 11) is 3.53. The van der Waals surface area contributed by atoms with Crippen LogP contribution in [0.25, 0.3) is 0 Å². The third-order valence-corrected chi connectivity index (χ3v) is 3.84. The van der Waals surface area contributed by atoms with Crippen molar-refractivity contribution >= 4 is 11.6 Å². The second kappa shape index (κ2) is 7.68. The zero-order chi connectivity index (χ0) is 16.8. The second-order valence-electron chi connectivity index (χ2n) is 5.88. The first-order chi connectivity index (χ1) is 11.0. The topological polar surface area (TPSA) is 55.6 Å². The lowest BCUT2D eigenvalue weighted by atomic mass is 10.1. The Morgan fingerprint density at radius 1 is 1.17 bits per heavy atom. The molecule has 4 nitrogen and oxygen atoms in total. The highest BCUT2D eigenvalue weighted by Gasteiger charge is 2.07. The van der Waals surface area contributed by atoms with Crippen LogP contribution in [0.2, 0.25) is 0 Å². The molecule has 2 N–H and O–H groups in total.